The summed E-state index contributed by atoms with van der Waals surface area (Å²) in [7, 11) is 3.04. The third-order valence-corrected chi connectivity index (χ3v) is 5.45. The fourth-order valence-corrected chi connectivity index (χ4v) is 3.96. The van der Waals surface area contributed by atoms with Crippen LogP contribution in [0, 0.1) is 0 Å². The highest BCUT2D eigenvalue weighted by atomic mass is 79.9. The number of hydrogen-bond acceptors (Lipinski definition) is 6. The van der Waals surface area contributed by atoms with Gasteiger partial charge >= 0.3 is 0 Å². The second kappa shape index (κ2) is 9.79. The molecular weight excluding hydrogens is 490 g/mol. The highest BCUT2D eigenvalue weighted by Gasteiger charge is 2.21. The van der Waals surface area contributed by atoms with Crippen LogP contribution in [0.2, 0.25) is 0 Å². The molecule has 0 saturated carbocycles. The highest BCUT2D eigenvalue weighted by Crippen LogP contribution is 2.41. The lowest BCUT2D eigenvalue weighted by Gasteiger charge is -2.15. The lowest BCUT2D eigenvalue weighted by atomic mass is 10.1. The van der Waals surface area contributed by atoms with Gasteiger partial charge in [0.05, 0.1) is 24.1 Å². The summed E-state index contributed by atoms with van der Waals surface area (Å²) >= 11 is 3.46. The van der Waals surface area contributed by atoms with E-state index in [-0.39, 0.29) is 23.5 Å². The molecule has 4 rings (SSSR count). The number of ether oxygens (including phenoxy) is 3. The number of anilines is 1. The van der Waals surface area contributed by atoms with Gasteiger partial charge in [0.2, 0.25) is 11.2 Å². The standard InChI is InChI=1S/C25H20BrNO6/c1-30-20-13-15(12-18(26)24(20)31-2)23-25(22(29)17-10-6-7-11-19(17)33-23)32-14-21(28)27-16-8-4-3-5-9-16/h3-13H,14H2,1-2H3,(H,27,28). The fourth-order valence-electron chi connectivity index (χ4n) is 3.35. The van der Waals surface area contributed by atoms with Crippen molar-refractivity contribution < 1.29 is 23.4 Å². The maximum Gasteiger partial charge on any atom is 0.262 e. The predicted molar refractivity (Wildman–Crippen MR) is 129 cm³/mol. The van der Waals surface area contributed by atoms with Crippen molar-refractivity contribution in [2.75, 3.05) is 26.1 Å². The average molecular weight is 510 g/mol. The van der Waals surface area contributed by atoms with Gasteiger partial charge in [-0.05, 0) is 52.3 Å². The zero-order valence-electron chi connectivity index (χ0n) is 17.9. The molecule has 0 bridgehead atoms. The highest BCUT2D eigenvalue weighted by molar-refractivity contribution is 9.10. The molecule has 33 heavy (non-hydrogen) atoms. The molecule has 0 fully saturated rings. The minimum absolute atomic E-state index is 0.0731. The van der Waals surface area contributed by atoms with Gasteiger partial charge in [0.15, 0.2) is 23.9 Å². The van der Waals surface area contributed by atoms with Crippen molar-refractivity contribution in [3.05, 3.63) is 81.4 Å². The van der Waals surface area contributed by atoms with E-state index < -0.39 is 5.91 Å². The Kier molecular flexibility index (Phi) is 6.65. The van der Waals surface area contributed by atoms with Crippen LogP contribution in [0.4, 0.5) is 5.69 Å². The molecule has 1 amide bonds. The molecule has 1 heterocycles. The maximum atomic E-state index is 13.3. The van der Waals surface area contributed by atoms with Crippen LogP contribution in [0.3, 0.4) is 0 Å². The molecule has 0 saturated heterocycles. The molecule has 1 aromatic heterocycles. The van der Waals surface area contributed by atoms with Crippen LogP contribution in [-0.2, 0) is 4.79 Å². The second-order valence-electron chi connectivity index (χ2n) is 6.98. The quantitative estimate of drug-likeness (QED) is 0.365. The van der Waals surface area contributed by atoms with Crippen molar-refractivity contribution in [2.45, 2.75) is 0 Å². The van der Waals surface area contributed by atoms with Crippen molar-refractivity contribution >= 4 is 38.5 Å². The van der Waals surface area contributed by atoms with Crippen molar-refractivity contribution in [3.63, 3.8) is 0 Å². The minimum Gasteiger partial charge on any atom is -0.493 e. The van der Waals surface area contributed by atoms with Gasteiger partial charge < -0.3 is 23.9 Å². The monoisotopic (exact) mass is 509 g/mol. The molecule has 0 radical (unpaired) electrons. The van der Waals surface area contributed by atoms with E-state index in [4.69, 9.17) is 18.6 Å². The Bertz CT molecular complexity index is 1370. The summed E-state index contributed by atoms with van der Waals surface area (Å²) < 4.78 is 23.2. The van der Waals surface area contributed by atoms with Gasteiger partial charge in [-0.15, -0.1) is 0 Å². The largest absolute Gasteiger partial charge is 0.493 e. The van der Waals surface area contributed by atoms with Crippen molar-refractivity contribution in [2.24, 2.45) is 0 Å². The van der Waals surface area contributed by atoms with Crippen molar-refractivity contribution in [1.82, 2.24) is 0 Å². The Morgan fingerprint density at radius 1 is 0.970 bits per heavy atom. The maximum absolute atomic E-state index is 13.3. The summed E-state index contributed by atoms with van der Waals surface area (Å²) in [5.41, 5.74) is 1.15. The number of carbonyl (C=O) groups excluding carboxylic acids is 1. The first-order chi connectivity index (χ1) is 16.0. The number of nitrogens with one attached hydrogen (secondary N) is 1. The average Bonchev–Trinajstić information content (AvgIpc) is 2.83. The van der Waals surface area contributed by atoms with Crippen molar-refractivity contribution in [1.29, 1.82) is 0 Å². The first-order valence-electron chi connectivity index (χ1n) is 9.97. The molecule has 0 aliphatic heterocycles. The van der Waals surface area contributed by atoms with Gasteiger partial charge in [-0.25, -0.2) is 0 Å². The van der Waals surface area contributed by atoms with Crippen LogP contribution in [0.15, 0.2) is 80.4 Å². The summed E-state index contributed by atoms with van der Waals surface area (Å²) in [6.45, 7) is -0.376. The number of fused-ring (bicyclic) bond motifs is 1. The molecule has 0 spiro atoms. The van der Waals surface area contributed by atoms with Crippen LogP contribution >= 0.6 is 15.9 Å². The van der Waals surface area contributed by atoms with Gasteiger partial charge in [-0.3, -0.25) is 9.59 Å². The minimum atomic E-state index is -0.409. The third kappa shape index (κ3) is 4.70. The van der Waals surface area contributed by atoms with E-state index in [1.165, 1.54) is 14.2 Å². The van der Waals surface area contributed by atoms with Gasteiger partial charge in [-0.1, -0.05) is 30.3 Å². The van der Waals surface area contributed by atoms with Crippen LogP contribution in [0.5, 0.6) is 17.2 Å². The van der Waals surface area contributed by atoms with Crippen LogP contribution in [0.25, 0.3) is 22.3 Å². The number of methoxy groups -OCH3 is 2. The molecule has 0 aliphatic carbocycles. The lowest BCUT2D eigenvalue weighted by molar-refractivity contribution is -0.118. The Morgan fingerprint density at radius 2 is 1.70 bits per heavy atom. The van der Waals surface area contributed by atoms with E-state index in [0.29, 0.717) is 38.2 Å². The Balaban J connectivity index is 1.76. The number of halogens is 1. The molecule has 8 heteroatoms. The van der Waals surface area contributed by atoms with E-state index >= 15 is 0 Å². The number of rotatable bonds is 7. The van der Waals surface area contributed by atoms with Crippen LogP contribution in [-0.4, -0.2) is 26.7 Å². The number of benzene rings is 3. The summed E-state index contributed by atoms with van der Waals surface area (Å²) in [6.07, 6.45) is 0. The van der Waals surface area contributed by atoms with E-state index in [2.05, 4.69) is 21.2 Å². The number of amides is 1. The van der Waals surface area contributed by atoms with Gasteiger partial charge in [0.25, 0.3) is 5.91 Å². The van der Waals surface area contributed by atoms with E-state index in [9.17, 15) is 9.59 Å². The molecule has 0 atom stereocenters. The summed E-state index contributed by atoms with van der Waals surface area (Å²) in [5, 5.41) is 3.08. The second-order valence-corrected chi connectivity index (χ2v) is 7.84. The smallest absolute Gasteiger partial charge is 0.262 e. The topological polar surface area (TPSA) is 87.0 Å². The van der Waals surface area contributed by atoms with Crippen LogP contribution in [0.1, 0.15) is 0 Å². The zero-order chi connectivity index (χ0) is 23.4. The number of carbonyl (C=O) groups is 1. The van der Waals surface area contributed by atoms with Crippen LogP contribution < -0.4 is 25.0 Å². The van der Waals surface area contributed by atoms with E-state index in [0.717, 1.165) is 0 Å². The molecule has 0 aliphatic rings. The first-order valence-corrected chi connectivity index (χ1v) is 10.8. The molecule has 7 nitrogen and oxygen atoms in total. The molecule has 4 aromatic rings. The Morgan fingerprint density at radius 3 is 2.42 bits per heavy atom. The lowest BCUT2D eigenvalue weighted by Crippen LogP contribution is -2.22. The zero-order valence-corrected chi connectivity index (χ0v) is 19.5. The van der Waals surface area contributed by atoms with E-state index in [1.807, 2.05) is 18.2 Å². The third-order valence-electron chi connectivity index (χ3n) is 4.86. The van der Waals surface area contributed by atoms with E-state index in [1.54, 1.807) is 48.5 Å². The predicted octanol–water partition coefficient (Wildman–Crippen LogP) is 5.26. The van der Waals surface area contributed by atoms with Gasteiger partial charge in [0.1, 0.15) is 5.58 Å². The Labute approximate surface area is 198 Å². The molecule has 1 N–H and O–H groups in total. The Hall–Kier alpha value is -3.78. The molecule has 168 valence electrons. The SMILES string of the molecule is COc1cc(-c2oc3ccccc3c(=O)c2OCC(=O)Nc2ccccc2)cc(Br)c1OC. The molecule has 0 unspecified atom stereocenters. The normalized spacial score (nSPS) is 10.6. The summed E-state index contributed by atoms with van der Waals surface area (Å²) in [5.74, 6) is 0.622. The molecular formula is C25H20BrNO6. The molecule has 3 aromatic carbocycles. The summed E-state index contributed by atoms with van der Waals surface area (Å²) in [6, 6.07) is 19.2. The fraction of sp³-hybridized carbons (Fsp3) is 0.120. The van der Waals surface area contributed by atoms with Gasteiger partial charge in [0, 0.05) is 11.3 Å². The number of para-hydroxylation sites is 2. The first kappa shape index (κ1) is 22.4. The van der Waals surface area contributed by atoms with Gasteiger partial charge in [-0.2, -0.15) is 0 Å². The number of hydrogen-bond donors (Lipinski definition) is 1. The van der Waals surface area contributed by atoms with Crippen molar-refractivity contribution in [3.8, 4) is 28.6 Å². The summed E-state index contributed by atoms with van der Waals surface area (Å²) in [4.78, 5) is 25.7.